The third kappa shape index (κ3) is 3.76. The van der Waals surface area contributed by atoms with Gasteiger partial charge in [0.2, 0.25) is 0 Å². The first-order valence-electron chi connectivity index (χ1n) is 8.95. The Labute approximate surface area is 171 Å². The van der Waals surface area contributed by atoms with Crippen molar-refractivity contribution in [2.24, 2.45) is 0 Å². The summed E-state index contributed by atoms with van der Waals surface area (Å²) < 4.78 is 1.63. The number of rotatable bonds is 6. The Hall–Kier alpha value is -2.41. The lowest BCUT2D eigenvalue weighted by Crippen LogP contribution is -2.24. The molecule has 5 nitrogen and oxygen atoms in total. The minimum Gasteiger partial charge on any atom is -0.396 e. The molecule has 2 heterocycles. The smallest absolute Gasteiger partial charge is 0.262 e. The van der Waals surface area contributed by atoms with Crippen LogP contribution in [0.3, 0.4) is 0 Å². The van der Waals surface area contributed by atoms with Gasteiger partial charge in [0.1, 0.15) is 5.15 Å². The van der Waals surface area contributed by atoms with E-state index in [0.29, 0.717) is 39.9 Å². The average molecular weight is 412 g/mol. The van der Waals surface area contributed by atoms with Crippen LogP contribution in [0.2, 0.25) is 5.15 Å². The molecule has 0 saturated heterocycles. The Morgan fingerprint density at radius 3 is 2.61 bits per heavy atom. The van der Waals surface area contributed by atoms with Gasteiger partial charge >= 0.3 is 0 Å². The first kappa shape index (κ1) is 18.9. The standard InChI is InChI=1S/C21H18ClN3O2S/c22-19-15(12-14-6-1-3-8-17(14)23-19)13-28-21-24-18-9-4-2-7-16(18)20(27)25(21)10-5-11-26/h1-4,6-9,12,26H,5,10-11,13H2. The fraction of sp³-hybridized carbons (Fsp3) is 0.190. The van der Waals surface area contributed by atoms with E-state index in [4.69, 9.17) is 11.6 Å². The lowest BCUT2D eigenvalue weighted by atomic mass is 10.2. The zero-order chi connectivity index (χ0) is 19.5. The van der Waals surface area contributed by atoms with Crippen LogP contribution in [0.4, 0.5) is 0 Å². The van der Waals surface area contributed by atoms with Gasteiger partial charge in [-0.15, -0.1) is 0 Å². The number of pyridine rings is 1. The van der Waals surface area contributed by atoms with Gasteiger partial charge in [-0.1, -0.05) is 53.7 Å². The van der Waals surface area contributed by atoms with Crippen molar-refractivity contribution in [3.63, 3.8) is 0 Å². The largest absolute Gasteiger partial charge is 0.396 e. The van der Waals surface area contributed by atoms with Crippen LogP contribution in [0.5, 0.6) is 0 Å². The number of para-hydroxylation sites is 2. The zero-order valence-electron chi connectivity index (χ0n) is 15.0. The number of hydrogen-bond acceptors (Lipinski definition) is 5. The molecule has 28 heavy (non-hydrogen) atoms. The van der Waals surface area contributed by atoms with Crippen molar-refractivity contribution in [1.82, 2.24) is 14.5 Å². The van der Waals surface area contributed by atoms with Crippen molar-refractivity contribution >= 4 is 45.2 Å². The van der Waals surface area contributed by atoms with E-state index >= 15 is 0 Å². The van der Waals surface area contributed by atoms with Gasteiger partial charge in [0.05, 0.1) is 16.4 Å². The predicted octanol–water partition coefficient (Wildman–Crippen LogP) is 4.27. The Bertz CT molecular complexity index is 1210. The van der Waals surface area contributed by atoms with Crippen molar-refractivity contribution in [1.29, 1.82) is 0 Å². The molecule has 4 rings (SSSR count). The normalized spacial score (nSPS) is 11.4. The van der Waals surface area contributed by atoms with E-state index in [1.807, 2.05) is 48.5 Å². The van der Waals surface area contributed by atoms with E-state index < -0.39 is 0 Å². The number of aromatic nitrogens is 3. The highest BCUT2D eigenvalue weighted by atomic mass is 35.5. The summed E-state index contributed by atoms with van der Waals surface area (Å²) in [6, 6.07) is 17.1. The topological polar surface area (TPSA) is 68.0 Å². The molecule has 0 radical (unpaired) electrons. The summed E-state index contributed by atoms with van der Waals surface area (Å²) in [6.45, 7) is 0.434. The number of aliphatic hydroxyl groups excluding tert-OH is 1. The Morgan fingerprint density at radius 2 is 1.79 bits per heavy atom. The number of thioether (sulfide) groups is 1. The molecular formula is C21H18ClN3O2S. The average Bonchev–Trinajstić information content (AvgIpc) is 2.72. The summed E-state index contributed by atoms with van der Waals surface area (Å²) in [6.07, 6.45) is 0.492. The Morgan fingerprint density at radius 1 is 1.04 bits per heavy atom. The molecule has 0 aliphatic heterocycles. The fourth-order valence-corrected chi connectivity index (χ4v) is 4.35. The zero-order valence-corrected chi connectivity index (χ0v) is 16.6. The van der Waals surface area contributed by atoms with E-state index in [9.17, 15) is 9.90 Å². The molecule has 4 aromatic rings. The van der Waals surface area contributed by atoms with Gasteiger partial charge in [0, 0.05) is 29.9 Å². The van der Waals surface area contributed by atoms with Crippen molar-refractivity contribution in [3.8, 4) is 0 Å². The van der Waals surface area contributed by atoms with E-state index in [2.05, 4.69) is 9.97 Å². The summed E-state index contributed by atoms with van der Waals surface area (Å²) in [4.78, 5) is 22.0. The van der Waals surface area contributed by atoms with E-state index in [-0.39, 0.29) is 12.2 Å². The molecule has 0 saturated carbocycles. The fourth-order valence-electron chi connectivity index (χ4n) is 3.06. The van der Waals surface area contributed by atoms with Crippen LogP contribution < -0.4 is 5.56 Å². The second-order valence-electron chi connectivity index (χ2n) is 6.37. The Kier molecular flexibility index (Phi) is 5.62. The molecular weight excluding hydrogens is 394 g/mol. The van der Waals surface area contributed by atoms with E-state index in [1.54, 1.807) is 10.6 Å². The second kappa shape index (κ2) is 8.31. The number of benzene rings is 2. The molecule has 2 aromatic carbocycles. The predicted molar refractivity (Wildman–Crippen MR) is 114 cm³/mol. The van der Waals surface area contributed by atoms with Crippen molar-refractivity contribution in [2.45, 2.75) is 23.9 Å². The number of nitrogens with zero attached hydrogens (tertiary/aromatic N) is 3. The summed E-state index contributed by atoms with van der Waals surface area (Å²) in [5.74, 6) is 0.542. The molecule has 2 aromatic heterocycles. The van der Waals surface area contributed by atoms with Gasteiger partial charge in [-0.2, -0.15) is 0 Å². The van der Waals surface area contributed by atoms with Crippen LogP contribution in [0.15, 0.2) is 64.5 Å². The molecule has 0 amide bonds. The lowest BCUT2D eigenvalue weighted by molar-refractivity contribution is 0.276. The Balaban J connectivity index is 1.71. The molecule has 0 spiro atoms. The molecule has 0 aliphatic rings. The summed E-state index contributed by atoms with van der Waals surface area (Å²) >= 11 is 7.82. The van der Waals surface area contributed by atoms with Gasteiger partial charge in [-0.25, -0.2) is 9.97 Å². The SMILES string of the molecule is O=c1c2ccccc2nc(SCc2cc3ccccc3nc2Cl)n1CCCO. The van der Waals surface area contributed by atoms with Crippen molar-refractivity contribution in [3.05, 3.63) is 75.7 Å². The minimum atomic E-state index is -0.0933. The van der Waals surface area contributed by atoms with Crippen LogP contribution in [-0.2, 0) is 12.3 Å². The van der Waals surface area contributed by atoms with Crippen LogP contribution in [0.25, 0.3) is 21.8 Å². The van der Waals surface area contributed by atoms with Gasteiger partial charge < -0.3 is 5.11 Å². The number of hydrogen-bond donors (Lipinski definition) is 1. The minimum absolute atomic E-state index is 0.0177. The lowest BCUT2D eigenvalue weighted by Gasteiger charge is -2.13. The van der Waals surface area contributed by atoms with Crippen LogP contribution >= 0.6 is 23.4 Å². The second-order valence-corrected chi connectivity index (χ2v) is 7.67. The molecule has 0 unspecified atom stereocenters. The molecule has 142 valence electrons. The maximum Gasteiger partial charge on any atom is 0.262 e. The molecule has 0 bridgehead atoms. The highest BCUT2D eigenvalue weighted by Crippen LogP contribution is 2.28. The van der Waals surface area contributed by atoms with Gasteiger partial charge in [0.25, 0.3) is 5.56 Å². The van der Waals surface area contributed by atoms with Gasteiger partial charge in [-0.05, 0) is 30.7 Å². The molecule has 0 atom stereocenters. The third-order valence-electron chi connectivity index (χ3n) is 4.47. The summed E-state index contributed by atoms with van der Waals surface area (Å²) in [5.41, 5.74) is 2.31. The van der Waals surface area contributed by atoms with E-state index in [1.165, 1.54) is 11.8 Å². The molecule has 1 N–H and O–H groups in total. The summed E-state index contributed by atoms with van der Waals surface area (Å²) in [5, 5.41) is 11.9. The molecule has 0 fully saturated rings. The van der Waals surface area contributed by atoms with Gasteiger partial charge in [-0.3, -0.25) is 9.36 Å². The van der Waals surface area contributed by atoms with Crippen LogP contribution in [0.1, 0.15) is 12.0 Å². The number of aliphatic hydroxyl groups is 1. The quantitative estimate of drug-likeness (QED) is 0.291. The maximum absolute atomic E-state index is 12.9. The highest BCUT2D eigenvalue weighted by molar-refractivity contribution is 7.98. The monoisotopic (exact) mass is 411 g/mol. The molecule has 0 aliphatic carbocycles. The number of halogens is 1. The van der Waals surface area contributed by atoms with E-state index in [0.717, 1.165) is 16.5 Å². The van der Waals surface area contributed by atoms with Crippen LogP contribution in [0, 0.1) is 0 Å². The first-order valence-corrected chi connectivity index (χ1v) is 10.3. The molecule has 7 heteroatoms. The maximum atomic E-state index is 12.9. The van der Waals surface area contributed by atoms with Crippen molar-refractivity contribution < 1.29 is 5.11 Å². The van der Waals surface area contributed by atoms with Crippen LogP contribution in [-0.4, -0.2) is 26.2 Å². The highest BCUT2D eigenvalue weighted by Gasteiger charge is 2.13. The van der Waals surface area contributed by atoms with Crippen molar-refractivity contribution in [2.75, 3.05) is 6.61 Å². The van der Waals surface area contributed by atoms with Gasteiger partial charge in [0.15, 0.2) is 5.16 Å². The summed E-state index contributed by atoms with van der Waals surface area (Å²) in [7, 11) is 0. The third-order valence-corrected chi connectivity index (χ3v) is 5.83. The number of fused-ring (bicyclic) bond motifs is 2. The first-order chi connectivity index (χ1) is 13.7.